The predicted molar refractivity (Wildman–Crippen MR) is 55.6 cm³/mol. The molecule has 2 aliphatic heterocycles. The first kappa shape index (κ1) is 9.46. The van der Waals surface area contributed by atoms with Gasteiger partial charge in [0.2, 0.25) is 0 Å². The Kier molecular flexibility index (Phi) is 2.31. The molecule has 2 bridgehead atoms. The summed E-state index contributed by atoms with van der Waals surface area (Å²) in [5.41, 5.74) is 0. The number of urea groups is 1. The van der Waals surface area contributed by atoms with Gasteiger partial charge in [0.25, 0.3) is 0 Å². The minimum Gasteiger partial charge on any atom is -0.378 e. The van der Waals surface area contributed by atoms with Gasteiger partial charge >= 0.3 is 6.03 Å². The van der Waals surface area contributed by atoms with E-state index in [2.05, 4.69) is 4.90 Å². The molecule has 1 saturated carbocycles. The summed E-state index contributed by atoms with van der Waals surface area (Å²) in [6.07, 6.45) is 3.80. The van der Waals surface area contributed by atoms with Gasteiger partial charge in [-0.1, -0.05) is 0 Å². The van der Waals surface area contributed by atoms with E-state index in [-0.39, 0.29) is 6.03 Å². The van der Waals surface area contributed by atoms with E-state index in [4.69, 9.17) is 4.74 Å². The minimum atomic E-state index is 0.255. The van der Waals surface area contributed by atoms with Gasteiger partial charge in [-0.3, -0.25) is 0 Å². The first-order valence-corrected chi connectivity index (χ1v) is 5.98. The van der Waals surface area contributed by atoms with Gasteiger partial charge in [0, 0.05) is 25.7 Å². The van der Waals surface area contributed by atoms with Crippen molar-refractivity contribution in [2.45, 2.75) is 25.3 Å². The van der Waals surface area contributed by atoms with Gasteiger partial charge in [-0.25, -0.2) is 4.79 Å². The van der Waals surface area contributed by atoms with E-state index in [0.29, 0.717) is 19.3 Å². The summed E-state index contributed by atoms with van der Waals surface area (Å²) >= 11 is 0. The highest BCUT2D eigenvalue weighted by Crippen LogP contribution is 2.37. The Morgan fingerprint density at radius 3 is 2.60 bits per heavy atom. The molecular weight excluding hydrogens is 192 g/mol. The van der Waals surface area contributed by atoms with Crippen molar-refractivity contribution in [3.8, 4) is 0 Å². The van der Waals surface area contributed by atoms with E-state index < -0.39 is 0 Å². The highest BCUT2D eigenvalue weighted by atomic mass is 16.5. The monoisotopic (exact) mass is 210 g/mol. The van der Waals surface area contributed by atoms with Crippen molar-refractivity contribution < 1.29 is 9.53 Å². The second-order valence-corrected chi connectivity index (χ2v) is 4.87. The molecule has 0 radical (unpaired) electrons. The largest absolute Gasteiger partial charge is 0.378 e. The van der Waals surface area contributed by atoms with Gasteiger partial charge in [0.05, 0.1) is 13.2 Å². The Labute approximate surface area is 90.2 Å². The number of hydrogen-bond donors (Lipinski definition) is 0. The third-order valence-electron chi connectivity index (χ3n) is 3.94. The lowest BCUT2D eigenvalue weighted by Gasteiger charge is -2.35. The molecule has 84 valence electrons. The average molecular weight is 210 g/mol. The molecule has 3 aliphatic rings. The molecule has 4 heteroatoms. The minimum absolute atomic E-state index is 0.255. The van der Waals surface area contributed by atoms with E-state index in [1.807, 2.05) is 4.90 Å². The highest BCUT2D eigenvalue weighted by molar-refractivity contribution is 5.75. The van der Waals surface area contributed by atoms with Crippen molar-refractivity contribution in [3.63, 3.8) is 0 Å². The Hall–Kier alpha value is -0.770. The maximum absolute atomic E-state index is 12.2. The molecule has 3 fully saturated rings. The lowest BCUT2D eigenvalue weighted by Crippen LogP contribution is -2.50. The number of amides is 2. The number of morpholine rings is 1. The fourth-order valence-corrected chi connectivity index (χ4v) is 3.10. The second kappa shape index (κ2) is 3.67. The van der Waals surface area contributed by atoms with E-state index in [0.717, 1.165) is 25.6 Å². The van der Waals surface area contributed by atoms with Crippen LogP contribution in [0.4, 0.5) is 4.79 Å². The van der Waals surface area contributed by atoms with Gasteiger partial charge in [-0.05, 0) is 25.2 Å². The molecular formula is C11H18N2O2. The van der Waals surface area contributed by atoms with Crippen LogP contribution in [0.15, 0.2) is 0 Å². The standard InChI is InChI=1S/C11H18N2O2/c14-11(12-3-5-15-6-4-12)13-8-9-1-2-10(13)7-9/h9-10H,1-8H2. The normalized spacial score (nSPS) is 34.9. The molecule has 0 N–H and O–H groups in total. The van der Waals surface area contributed by atoms with Crippen molar-refractivity contribution in [3.05, 3.63) is 0 Å². The third kappa shape index (κ3) is 1.61. The molecule has 2 amide bonds. The van der Waals surface area contributed by atoms with Crippen LogP contribution in [-0.4, -0.2) is 54.7 Å². The Bertz CT molecular complexity index is 263. The quantitative estimate of drug-likeness (QED) is 0.595. The summed E-state index contributed by atoms with van der Waals surface area (Å²) in [7, 11) is 0. The fraction of sp³-hybridized carbons (Fsp3) is 0.909. The SMILES string of the molecule is O=C(N1CCOCC1)N1CC2CCC1C2. The molecule has 15 heavy (non-hydrogen) atoms. The van der Waals surface area contributed by atoms with E-state index >= 15 is 0 Å². The van der Waals surface area contributed by atoms with Crippen molar-refractivity contribution in [1.82, 2.24) is 9.80 Å². The third-order valence-corrected chi connectivity index (χ3v) is 3.94. The van der Waals surface area contributed by atoms with Crippen LogP contribution in [-0.2, 0) is 4.74 Å². The average Bonchev–Trinajstić information content (AvgIpc) is 2.91. The van der Waals surface area contributed by atoms with Crippen LogP contribution in [0.3, 0.4) is 0 Å². The fourth-order valence-electron chi connectivity index (χ4n) is 3.10. The molecule has 3 rings (SSSR count). The van der Waals surface area contributed by atoms with Crippen LogP contribution in [0, 0.1) is 5.92 Å². The van der Waals surface area contributed by atoms with Crippen molar-refractivity contribution in [1.29, 1.82) is 0 Å². The number of hydrogen-bond acceptors (Lipinski definition) is 2. The van der Waals surface area contributed by atoms with Gasteiger partial charge in [0.1, 0.15) is 0 Å². The van der Waals surface area contributed by atoms with E-state index in [9.17, 15) is 4.79 Å². The van der Waals surface area contributed by atoms with Crippen LogP contribution in [0.2, 0.25) is 0 Å². The molecule has 0 spiro atoms. The smallest absolute Gasteiger partial charge is 0.320 e. The predicted octanol–water partition coefficient (Wildman–Crippen LogP) is 0.923. The zero-order valence-electron chi connectivity index (χ0n) is 9.02. The Balaban J connectivity index is 1.64. The Morgan fingerprint density at radius 1 is 1.20 bits per heavy atom. The lowest BCUT2D eigenvalue weighted by atomic mass is 10.1. The second-order valence-electron chi connectivity index (χ2n) is 4.87. The molecule has 0 aromatic carbocycles. The first-order valence-electron chi connectivity index (χ1n) is 5.98. The zero-order chi connectivity index (χ0) is 10.3. The molecule has 0 aromatic rings. The molecule has 2 saturated heterocycles. The van der Waals surface area contributed by atoms with E-state index in [1.165, 1.54) is 19.3 Å². The van der Waals surface area contributed by atoms with Crippen molar-refractivity contribution in [2.75, 3.05) is 32.8 Å². The van der Waals surface area contributed by atoms with Gasteiger partial charge in [0.15, 0.2) is 0 Å². The molecule has 1 aliphatic carbocycles. The zero-order valence-corrected chi connectivity index (χ0v) is 9.02. The lowest BCUT2D eigenvalue weighted by molar-refractivity contribution is 0.0405. The number of likely N-dealkylation sites (tertiary alicyclic amines) is 1. The van der Waals surface area contributed by atoms with E-state index in [1.54, 1.807) is 0 Å². The first-order chi connectivity index (χ1) is 7.34. The van der Waals surface area contributed by atoms with Crippen molar-refractivity contribution in [2.24, 2.45) is 5.92 Å². The molecule has 2 unspecified atom stereocenters. The molecule has 0 aromatic heterocycles. The molecule has 2 atom stereocenters. The summed E-state index contributed by atoms with van der Waals surface area (Å²) in [4.78, 5) is 16.2. The maximum Gasteiger partial charge on any atom is 0.320 e. The number of carbonyl (C=O) groups is 1. The highest BCUT2D eigenvalue weighted by Gasteiger charge is 2.41. The number of carbonyl (C=O) groups excluding carboxylic acids is 1. The van der Waals surface area contributed by atoms with Gasteiger partial charge < -0.3 is 14.5 Å². The van der Waals surface area contributed by atoms with Crippen LogP contribution < -0.4 is 0 Å². The van der Waals surface area contributed by atoms with Crippen molar-refractivity contribution >= 4 is 6.03 Å². The molecule has 2 heterocycles. The van der Waals surface area contributed by atoms with Crippen LogP contribution in [0.25, 0.3) is 0 Å². The van der Waals surface area contributed by atoms with Gasteiger partial charge in [-0.15, -0.1) is 0 Å². The summed E-state index contributed by atoms with van der Waals surface area (Å²) < 4.78 is 5.26. The summed E-state index contributed by atoms with van der Waals surface area (Å²) in [5.74, 6) is 0.792. The topological polar surface area (TPSA) is 32.8 Å². The summed E-state index contributed by atoms with van der Waals surface area (Å²) in [6, 6.07) is 0.802. The maximum atomic E-state index is 12.2. The van der Waals surface area contributed by atoms with Crippen LogP contribution >= 0.6 is 0 Å². The molecule has 4 nitrogen and oxygen atoms in total. The summed E-state index contributed by atoms with van der Waals surface area (Å²) in [5, 5.41) is 0. The van der Waals surface area contributed by atoms with Crippen LogP contribution in [0.5, 0.6) is 0 Å². The summed E-state index contributed by atoms with van der Waals surface area (Å²) in [6.45, 7) is 3.95. The number of nitrogens with zero attached hydrogens (tertiary/aromatic N) is 2. The number of rotatable bonds is 0. The number of piperidine rings is 1. The number of ether oxygens (including phenoxy) is 1. The Morgan fingerprint density at radius 2 is 2.00 bits per heavy atom. The van der Waals surface area contributed by atoms with Crippen LogP contribution in [0.1, 0.15) is 19.3 Å². The number of fused-ring (bicyclic) bond motifs is 2. The van der Waals surface area contributed by atoms with Gasteiger partial charge in [-0.2, -0.15) is 0 Å².